The maximum absolute atomic E-state index is 5.25. The van der Waals surface area contributed by atoms with Gasteiger partial charge in [0.15, 0.2) is 5.65 Å². The fourth-order valence-corrected chi connectivity index (χ4v) is 2.94. The van der Waals surface area contributed by atoms with Crippen LogP contribution in [0.1, 0.15) is 24.4 Å². The highest BCUT2D eigenvalue weighted by atomic mass is 16.5. The Hall–Kier alpha value is -2.63. The van der Waals surface area contributed by atoms with Crippen molar-refractivity contribution in [1.29, 1.82) is 0 Å². The molecule has 118 valence electrons. The van der Waals surface area contributed by atoms with Crippen LogP contribution in [0.2, 0.25) is 0 Å². The largest absolute Gasteiger partial charge is 0.497 e. The van der Waals surface area contributed by atoms with E-state index in [4.69, 9.17) is 4.74 Å². The van der Waals surface area contributed by atoms with Crippen molar-refractivity contribution >= 4 is 16.9 Å². The van der Waals surface area contributed by atoms with Gasteiger partial charge < -0.3 is 10.1 Å². The summed E-state index contributed by atoms with van der Waals surface area (Å²) in [7, 11) is 3.58. The predicted molar refractivity (Wildman–Crippen MR) is 88.4 cm³/mol. The van der Waals surface area contributed by atoms with Gasteiger partial charge in [0.2, 0.25) is 0 Å². The van der Waals surface area contributed by atoms with Gasteiger partial charge in [0.05, 0.1) is 24.7 Å². The van der Waals surface area contributed by atoms with E-state index in [1.165, 1.54) is 18.4 Å². The maximum Gasteiger partial charge on any atom is 0.163 e. The number of hydrogen-bond donors (Lipinski definition) is 1. The molecule has 0 unspecified atom stereocenters. The number of benzene rings is 1. The van der Waals surface area contributed by atoms with E-state index in [1.807, 2.05) is 25.4 Å². The molecule has 3 aromatic rings. The molecule has 6 heteroatoms. The van der Waals surface area contributed by atoms with Crippen LogP contribution in [-0.2, 0) is 7.05 Å². The number of methoxy groups -OCH3 is 1. The summed E-state index contributed by atoms with van der Waals surface area (Å²) in [6.07, 6.45) is 5.88. The van der Waals surface area contributed by atoms with Crippen molar-refractivity contribution in [3.05, 3.63) is 42.4 Å². The van der Waals surface area contributed by atoms with Crippen LogP contribution in [0.3, 0.4) is 0 Å². The van der Waals surface area contributed by atoms with Crippen molar-refractivity contribution in [3.8, 4) is 5.75 Å². The second-order valence-corrected chi connectivity index (χ2v) is 5.96. The molecule has 2 heterocycles. The van der Waals surface area contributed by atoms with Gasteiger partial charge in [0, 0.05) is 7.05 Å². The zero-order chi connectivity index (χ0) is 15.8. The first kappa shape index (κ1) is 14.0. The quantitative estimate of drug-likeness (QED) is 0.785. The summed E-state index contributed by atoms with van der Waals surface area (Å²) in [6, 6.07) is 8.50. The molecule has 6 nitrogen and oxygen atoms in total. The Labute approximate surface area is 134 Å². The lowest BCUT2D eigenvalue weighted by Crippen LogP contribution is -2.14. The minimum Gasteiger partial charge on any atom is -0.497 e. The monoisotopic (exact) mass is 309 g/mol. The Bertz CT molecular complexity index is 823. The van der Waals surface area contributed by atoms with E-state index < -0.39 is 0 Å². The van der Waals surface area contributed by atoms with Gasteiger partial charge in [-0.3, -0.25) is 4.68 Å². The molecule has 1 saturated carbocycles. The third-order valence-corrected chi connectivity index (χ3v) is 4.39. The normalized spacial score (nSPS) is 15.6. The van der Waals surface area contributed by atoms with Crippen LogP contribution in [0.4, 0.5) is 5.82 Å². The van der Waals surface area contributed by atoms with E-state index in [1.54, 1.807) is 18.1 Å². The smallest absolute Gasteiger partial charge is 0.163 e. The van der Waals surface area contributed by atoms with Crippen LogP contribution >= 0.6 is 0 Å². The highest BCUT2D eigenvalue weighted by Gasteiger charge is 2.33. The zero-order valence-electron chi connectivity index (χ0n) is 13.2. The summed E-state index contributed by atoms with van der Waals surface area (Å²) in [6.45, 7) is 0. The minimum absolute atomic E-state index is 0.249. The third kappa shape index (κ3) is 2.60. The summed E-state index contributed by atoms with van der Waals surface area (Å²) in [5.74, 6) is 2.36. The molecule has 0 saturated heterocycles. The molecule has 1 atom stereocenters. The first-order valence-corrected chi connectivity index (χ1v) is 7.79. The number of anilines is 1. The molecule has 0 radical (unpaired) electrons. The Kier molecular flexibility index (Phi) is 3.37. The van der Waals surface area contributed by atoms with Gasteiger partial charge in [-0.2, -0.15) is 5.10 Å². The van der Waals surface area contributed by atoms with Gasteiger partial charge >= 0.3 is 0 Å². The molecule has 23 heavy (non-hydrogen) atoms. The third-order valence-electron chi connectivity index (χ3n) is 4.39. The number of nitrogens with one attached hydrogen (secondary N) is 1. The fraction of sp³-hybridized carbons (Fsp3) is 0.353. The number of ether oxygens (including phenoxy) is 1. The second-order valence-electron chi connectivity index (χ2n) is 5.96. The molecular weight excluding hydrogens is 290 g/mol. The van der Waals surface area contributed by atoms with Crippen LogP contribution in [0.5, 0.6) is 5.75 Å². The van der Waals surface area contributed by atoms with Crippen molar-refractivity contribution in [2.24, 2.45) is 13.0 Å². The average molecular weight is 309 g/mol. The molecule has 1 fully saturated rings. The van der Waals surface area contributed by atoms with Gasteiger partial charge in [-0.15, -0.1) is 0 Å². The van der Waals surface area contributed by atoms with Crippen molar-refractivity contribution in [1.82, 2.24) is 19.7 Å². The molecule has 0 spiro atoms. The van der Waals surface area contributed by atoms with Crippen LogP contribution < -0.4 is 10.1 Å². The lowest BCUT2D eigenvalue weighted by Gasteiger charge is -2.20. The van der Waals surface area contributed by atoms with Crippen LogP contribution in [0, 0.1) is 5.92 Å². The van der Waals surface area contributed by atoms with E-state index in [2.05, 4.69) is 32.5 Å². The molecule has 1 N–H and O–H groups in total. The van der Waals surface area contributed by atoms with Crippen molar-refractivity contribution in [2.75, 3.05) is 12.4 Å². The van der Waals surface area contributed by atoms with Gasteiger partial charge in [-0.05, 0) is 36.5 Å². The SMILES string of the molecule is COc1ccc([C@@H](Nc2ncnc3c2cnn3C)C2CC2)cc1. The molecule has 0 aliphatic heterocycles. The minimum atomic E-state index is 0.249. The van der Waals surface area contributed by atoms with E-state index in [0.29, 0.717) is 5.92 Å². The van der Waals surface area contributed by atoms with Gasteiger partial charge in [0.25, 0.3) is 0 Å². The average Bonchev–Trinajstić information content (AvgIpc) is 3.36. The van der Waals surface area contributed by atoms with Gasteiger partial charge in [-0.25, -0.2) is 9.97 Å². The molecule has 2 aromatic heterocycles. The topological polar surface area (TPSA) is 64.9 Å². The number of fused-ring (bicyclic) bond motifs is 1. The molecule has 4 rings (SSSR count). The Morgan fingerprint density at radius 3 is 2.70 bits per heavy atom. The Morgan fingerprint density at radius 2 is 2.00 bits per heavy atom. The summed E-state index contributed by atoms with van der Waals surface area (Å²) in [5, 5.41) is 8.84. The molecule has 0 bridgehead atoms. The number of aryl methyl sites for hydroxylation is 1. The summed E-state index contributed by atoms with van der Waals surface area (Å²) < 4.78 is 7.02. The van der Waals surface area contributed by atoms with E-state index in [-0.39, 0.29) is 6.04 Å². The van der Waals surface area contributed by atoms with E-state index in [0.717, 1.165) is 22.6 Å². The highest BCUT2D eigenvalue weighted by Crippen LogP contribution is 2.43. The van der Waals surface area contributed by atoms with Gasteiger partial charge in [0.1, 0.15) is 17.9 Å². The molecule has 1 aliphatic carbocycles. The van der Waals surface area contributed by atoms with Crippen LogP contribution in [0.15, 0.2) is 36.8 Å². The first-order valence-electron chi connectivity index (χ1n) is 7.79. The number of rotatable bonds is 5. The Morgan fingerprint density at radius 1 is 1.22 bits per heavy atom. The molecular formula is C17H19N5O. The van der Waals surface area contributed by atoms with Crippen molar-refractivity contribution in [3.63, 3.8) is 0 Å². The second kappa shape index (κ2) is 5.53. The summed E-state index contributed by atoms with van der Waals surface area (Å²) in [5.41, 5.74) is 2.09. The van der Waals surface area contributed by atoms with Gasteiger partial charge in [-0.1, -0.05) is 12.1 Å². The number of nitrogens with zero attached hydrogens (tertiary/aromatic N) is 4. The van der Waals surface area contributed by atoms with Crippen LogP contribution in [-0.4, -0.2) is 26.9 Å². The van der Waals surface area contributed by atoms with Crippen molar-refractivity contribution < 1.29 is 4.74 Å². The first-order chi connectivity index (χ1) is 11.3. The highest BCUT2D eigenvalue weighted by molar-refractivity contribution is 5.86. The zero-order valence-corrected chi connectivity index (χ0v) is 13.2. The summed E-state index contributed by atoms with van der Waals surface area (Å²) >= 11 is 0. The van der Waals surface area contributed by atoms with Crippen molar-refractivity contribution in [2.45, 2.75) is 18.9 Å². The molecule has 1 aromatic carbocycles. The maximum atomic E-state index is 5.25. The Balaban J connectivity index is 1.67. The lowest BCUT2D eigenvalue weighted by molar-refractivity contribution is 0.414. The summed E-state index contributed by atoms with van der Waals surface area (Å²) in [4.78, 5) is 8.73. The lowest BCUT2D eigenvalue weighted by atomic mass is 10.0. The van der Waals surface area contributed by atoms with Crippen LogP contribution in [0.25, 0.3) is 11.0 Å². The number of hydrogen-bond acceptors (Lipinski definition) is 5. The molecule has 0 amide bonds. The molecule has 1 aliphatic rings. The number of aromatic nitrogens is 4. The fourth-order valence-electron chi connectivity index (χ4n) is 2.94. The predicted octanol–water partition coefficient (Wildman–Crippen LogP) is 2.94. The van der Waals surface area contributed by atoms with E-state index >= 15 is 0 Å². The van der Waals surface area contributed by atoms with E-state index in [9.17, 15) is 0 Å². The standard InChI is InChI=1S/C17H19N5O/c1-22-17-14(9-20-22)16(18-10-19-17)21-15(11-3-4-11)12-5-7-13(23-2)8-6-12/h5-11,15H,3-4H2,1-2H3,(H,18,19,21)/t15-/m0/s1.